The first-order valence-corrected chi connectivity index (χ1v) is 13.9. The van der Waals surface area contributed by atoms with Crippen LogP contribution in [0.3, 0.4) is 0 Å². The predicted molar refractivity (Wildman–Crippen MR) is 168 cm³/mol. The Balaban J connectivity index is 0.00000400. The van der Waals surface area contributed by atoms with Crippen molar-refractivity contribution < 1.29 is 22.3 Å². The van der Waals surface area contributed by atoms with Gasteiger partial charge in [0.25, 0.3) is 0 Å². The summed E-state index contributed by atoms with van der Waals surface area (Å²) in [5.41, 5.74) is 3.90. The quantitative estimate of drug-likeness (QED) is 0.142. The van der Waals surface area contributed by atoms with Gasteiger partial charge in [0.1, 0.15) is 41.1 Å². The first-order valence-electron chi connectivity index (χ1n) is 13.9. The fraction of sp³-hybridized carbons (Fsp3) is 0.114. The van der Waals surface area contributed by atoms with Crippen LogP contribution in [0.4, 0.5) is 17.6 Å². The van der Waals surface area contributed by atoms with Gasteiger partial charge in [-0.2, -0.15) is 0 Å². The van der Waals surface area contributed by atoms with Crippen LogP contribution in [0.2, 0.25) is 0 Å². The van der Waals surface area contributed by atoms with E-state index in [0.29, 0.717) is 43.1 Å². The highest BCUT2D eigenvalue weighted by Crippen LogP contribution is 2.27. The van der Waals surface area contributed by atoms with Crippen molar-refractivity contribution in [3.8, 4) is 28.0 Å². The molecule has 0 spiro atoms. The number of benzene rings is 3. The zero-order chi connectivity index (χ0) is 30.5. The van der Waals surface area contributed by atoms with Crippen molar-refractivity contribution in [2.24, 2.45) is 0 Å². The van der Waals surface area contributed by atoms with Gasteiger partial charge in [0.15, 0.2) is 0 Å². The van der Waals surface area contributed by atoms with Crippen LogP contribution < -0.4 is 4.74 Å². The van der Waals surface area contributed by atoms with Gasteiger partial charge >= 0.3 is 0 Å². The van der Waals surface area contributed by atoms with E-state index in [4.69, 9.17) is 4.74 Å². The molecule has 0 aliphatic rings. The van der Waals surface area contributed by atoms with Gasteiger partial charge in [-0.05, 0) is 59.7 Å². The molecule has 0 radical (unpaired) electrons. The van der Waals surface area contributed by atoms with Gasteiger partial charge in [0, 0.05) is 90.4 Å². The van der Waals surface area contributed by atoms with E-state index in [1.54, 1.807) is 18.6 Å². The topological polar surface area (TPSA) is 51.1 Å². The predicted octanol–water partition coefficient (Wildman–Crippen LogP) is 8.42. The van der Waals surface area contributed by atoms with Crippen molar-refractivity contribution in [3.63, 3.8) is 0 Å². The van der Waals surface area contributed by atoms with Crippen molar-refractivity contribution >= 4 is 23.3 Å². The molecule has 0 amide bonds. The number of hydrogen-bond donors (Lipinski definition) is 0. The molecule has 0 fully saturated rings. The Morgan fingerprint density at radius 3 is 1.80 bits per heavy atom. The van der Waals surface area contributed by atoms with Crippen LogP contribution in [-0.2, 0) is 13.1 Å². The van der Waals surface area contributed by atoms with E-state index in [1.807, 2.05) is 42.5 Å². The van der Waals surface area contributed by atoms with Crippen LogP contribution in [0.5, 0.6) is 5.75 Å². The molecular weight excluding hydrogens is 604 g/mol. The highest BCUT2D eigenvalue weighted by molar-refractivity contribution is 5.85. The normalized spacial score (nSPS) is 11.0. The second kappa shape index (κ2) is 14.3. The molecule has 6 rings (SSSR count). The lowest BCUT2D eigenvalue weighted by atomic mass is 10.0. The molecule has 10 heteroatoms. The van der Waals surface area contributed by atoms with Gasteiger partial charge in [-0.3, -0.25) is 19.9 Å². The summed E-state index contributed by atoms with van der Waals surface area (Å²) < 4.78 is 62.2. The van der Waals surface area contributed by atoms with Crippen LogP contribution in [0.15, 0.2) is 110 Å². The van der Waals surface area contributed by atoms with E-state index < -0.39 is 23.3 Å². The minimum Gasteiger partial charge on any atom is -0.490 e. The molecule has 6 aromatic rings. The average Bonchev–Trinajstić information content (AvgIpc) is 3.01. The summed E-state index contributed by atoms with van der Waals surface area (Å²) in [5, 5.41) is 0.966. The van der Waals surface area contributed by atoms with Crippen LogP contribution in [0.1, 0.15) is 11.1 Å². The van der Waals surface area contributed by atoms with Crippen molar-refractivity contribution in [2.75, 3.05) is 13.2 Å². The van der Waals surface area contributed by atoms with Crippen molar-refractivity contribution in [1.82, 2.24) is 19.9 Å². The van der Waals surface area contributed by atoms with Crippen LogP contribution in [-0.4, -0.2) is 33.0 Å². The molecule has 45 heavy (non-hydrogen) atoms. The molecule has 0 aliphatic carbocycles. The molecule has 228 valence electrons. The molecular formula is C35H27ClF4N4O. The molecule has 5 nitrogen and oxygen atoms in total. The van der Waals surface area contributed by atoms with Crippen LogP contribution >= 0.6 is 12.4 Å². The van der Waals surface area contributed by atoms with E-state index in [-0.39, 0.29) is 23.5 Å². The van der Waals surface area contributed by atoms with Gasteiger partial charge < -0.3 is 4.74 Å². The molecule has 0 saturated heterocycles. The minimum atomic E-state index is -0.672. The van der Waals surface area contributed by atoms with Crippen molar-refractivity contribution in [3.05, 3.63) is 144 Å². The Hall–Kier alpha value is -4.86. The maximum absolute atomic E-state index is 14.5. The number of para-hydroxylation sites is 1. The Morgan fingerprint density at radius 2 is 1.22 bits per heavy atom. The third-order valence-corrected chi connectivity index (χ3v) is 7.15. The Bertz CT molecular complexity index is 1840. The number of fused-ring (bicyclic) bond motifs is 1. The van der Waals surface area contributed by atoms with E-state index in [2.05, 4.69) is 19.9 Å². The largest absolute Gasteiger partial charge is 0.490 e. The van der Waals surface area contributed by atoms with E-state index in [9.17, 15) is 17.6 Å². The Morgan fingerprint density at radius 1 is 0.644 bits per heavy atom. The minimum absolute atomic E-state index is 0. The summed E-state index contributed by atoms with van der Waals surface area (Å²) in [6, 6.07) is 20.1. The number of hydrogen-bond acceptors (Lipinski definition) is 5. The summed E-state index contributed by atoms with van der Waals surface area (Å²) in [6.07, 6.45) is 8.16. The summed E-state index contributed by atoms with van der Waals surface area (Å²) in [4.78, 5) is 15.2. The summed E-state index contributed by atoms with van der Waals surface area (Å²) in [5.74, 6) is -1.99. The Kier molecular flexibility index (Phi) is 10.0. The molecule has 0 aliphatic heterocycles. The highest BCUT2D eigenvalue weighted by Gasteiger charge is 2.14. The fourth-order valence-corrected chi connectivity index (χ4v) is 5.10. The number of rotatable bonds is 10. The van der Waals surface area contributed by atoms with Gasteiger partial charge in [-0.1, -0.05) is 18.2 Å². The molecule has 3 aromatic carbocycles. The van der Waals surface area contributed by atoms with Gasteiger partial charge in [-0.25, -0.2) is 17.6 Å². The first kappa shape index (κ1) is 31.6. The Labute approximate surface area is 263 Å². The zero-order valence-electron chi connectivity index (χ0n) is 23.8. The lowest BCUT2D eigenvalue weighted by Gasteiger charge is -2.23. The maximum Gasteiger partial charge on any atom is 0.145 e. The third-order valence-electron chi connectivity index (χ3n) is 7.15. The molecule has 0 bridgehead atoms. The summed E-state index contributed by atoms with van der Waals surface area (Å²) >= 11 is 0. The van der Waals surface area contributed by atoms with Crippen molar-refractivity contribution in [2.45, 2.75) is 13.1 Å². The fourth-order valence-electron chi connectivity index (χ4n) is 5.10. The van der Waals surface area contributed by atoms with E-state index in [0.717, 1.165) is 34.2 Å². The SMILES string of the molecule is Cl.Fc1ccc(-c2cncc(CN(CCOc3cccc4cccnc34)Cc3cncc(-c4ccc(F)cc4F)c3)c2)c(F)c1. The number of aromatic nitrogens is 3. The number of pyridine rings is 3. The first-order chi connectivity index (χ1) is 21.4. The van der Waals surface area contributed by atoms with Gasteiger partial charge in [-0.15, -0.1) is 12.4 Å². The standard InChI is InChI=1S/C35H26F4N4O.ClH/c36-28-6-8-30(32(38)15-28)26-13-23(17-40-19-26)21-43(11-12-44-34-5-1-3-25-4-2-10-42-35(25)34)22-24-14-27(20-41-18-24)31-9-7-29(37)16-33(31)39;/h1-10,13-20H,11-12,21-22H2;1H. The molecule has 0 unspecified atom stereocenters. The summed E-state index contributed by atoms with van der Waals surface area (Å²) in [6.45, 7) is 1.63. The molecule has 0 atom stereocenters. The van der Waals surface area contributed by atoms with E-state index >= 15 is 0 Å². The highest BCUT2D eigenvalue weighted by atomic mass is 35.5. The molecule has 3 heterocycles. The zero-order valence-corrected chi connectivity index (χ0v) is 24.7. The second-order valence-electron chi connectivity index (χ2n) is 10.3. The van der Waals surface area contributed by atoms with Gasteiger partial charge in [0.2, 0.25) is 0 Å². The van der Waals surface area contributed by atoms with Crippen LogP contribution in [0.25, 0.3) is 33.2 Å². The molecule has 3 aromatic heterocycles. The van der Waals surface area contributed by atoms with Crippen molar-refractivity contribution in [1.29, 1.82) is 0 Å². The lowest BCUT2D eigenvalue weighted by molar-refractivity contribution is 0.197. The molecule has 0 N–H and O–H groups in total. The molecule has 0 saturated carbocycles. The lowest BCUT2D eigenvalue weighted by Crippen LogP contribution is -2.28. The smallest absolute Gasteiger partial charge is 0.145 e. The number of ether oxygens (including phenoxy) is 1. The van der Waals surface area contributed by atoms with Crippen LogP contribution in [0, 0.1) is 23.3 Å². The second-order valence-corrected chi connectivity index (χ2v) is 10.3. The average molecular weight is 631 g/mol. The van der Waals surface area contributed by atoms with Gasteiger partial charge in [0.05, 0.1) is 0 Å². The monoisotopic (exact) mass is 630 g/mol. The number of halogens is 5. The maximum atomic E-state index is 14.5. The van der Waals surface area contributed by atoms with E-state index in [1.165, 1.54) is 36.7 Å². The summed E-state index contributed by atoms with van der Waals surface area (Å²) in [7, 11) is 0. The number of nitrogens with zero attached hydrogens (tertiary/aromatic N) is 4. The third kappa shape index (κ3) is 7.63.